The van der Waals surface area contributed by atoms with Crippen molar-refractivity contribution >= 4 is 27.3 Å². The van der Waals surface area contributed by atoms with Crippen molar-refractivity contribution in [3.63, 3.8) is 0 Å². The summed E-state index contributed by atoms with van der Waals surface area (Å²) in [5.41, 5.74) is 3.89. The smallest absolute Gasteiger partial charge is 0.264 e. The molecule has 0 bridgehead atoms. The van der Waals surface area contributed by atoms with Crippen molar-refractivity contribution in [2.24, 2.45) is 0 Å². The summed E-state index contributed by atoms with van der Waals surface area (Å²) < 4.78 is 28.6. The molecule has 1 heterocycles. The van der Waals surface area contributed by atoms with Gasteiger partial charge in [0.05, 0.1) is 10.6 Å². The molecule has 0 aliphatic carbocycles. The van der Waals surface area contributed by atoms with E-state index in [-0.39, 0.29) is 16.8 Å². The Kier molecular flexibility index (Phi) is 5.58. The number of nitrogens with zero attached hydrogens (tertiary/aromatic N) is 2. The highest BCUT2D eigenvalue weighted by Crippen LogP contribution is 2.36. The van der Waals surface area contributed by atoms with Gasteiger partial charge >= 0.3 is 0 Å². The van der Waals surface area contributed by atoms with Gasteiger partial charge in [-0.25, -0.2) is 8.42 Å². The highest BCUT2D eigenvalue weighted by atomic mass is 32.2. The number of hydrogen-bond acceptors (Lipinski definition) is 3. The summed E-state index contributed by atoms with van der Waals surface area (Å²) in [7, 11) is -3.80. The van der Waals surface area contributed by atoms with E-state index in [1.165, 1.54) is 10.4 Å². The van der Waals surface area contributed by atoms with E-state index in [0.29, 0.717) is 24.2 Å². The van der Waals surface area contributed by atoms with Gasteiger partial charge in [-0.05, 0) is 68.7 Å². The quantitative estimate of drug-likeness (QED) is 0.579. The van der Waals surface area contributed by atoms with Crippen LogP contribution in [-0.2, 0) is 16.4 Å². The molecule has 1 unspecified atom stereocenters. The molecule has 0 radical (unpaired) electrons. The van der Waals surface area contributed by atoms with Crippen molar-refractivity contribution in [1.29, 1.82) is 0 Å². The third-order valence-corrected chi connectivity index (χ3v) is 7.67. The van der Waals surface area contributed by atoms with Gasteiger partial charge in [0, 0.05) is 23.8 Å². The fourth-order valence-corrected chi connectivity index (χ4v) is 5.99. The second-order valence-electron chi connectivity index (χ2n) is 7.85. The van der Waals surface area contributed by atoms with E-state index in [1.807, 2.05) is 69.3 Å². The third kappa shape index (κ3) is 3.72. The van der Waals surface area contributed by atoms with Crippen LogP contribution < -0.4 is 9.21 Å². The van der Waals surface area contributed by atoms with E-state index in [4.69, 9.17) is 0 Å². The highest BCUT2D eigenvalue weighted by Gasteiger charge is 2.36. The van der Waals surface area contributed by atoms with Crippen molar-refractivity contribution in [2.75, 3.05) is 15.7 Å². The number of aryl methyl sites for hydroxylation is 1. The van der Waals surface area contributed by atoms with Crippen LogP contribution in [0.4, 0.5) is 11.4 Å². The number of carbonyl (C=O) groups is 1. The molecule has 0 saturated heterocycles. The summed E-state index contributed by atoms with van der Waals surface area (Å²) in [6.07, 6.45) is 0.672. The summed E-state index contributed by atoms with van der Waals surface area (Å²) in [5.74, 6) is -0.219. The minimum Gasteiger partial charge on any atom is -0.308 e. The van der Waals surface area contributed by atoms with Crippen LogP contribution in [0.25, 0.3) is 0 Å². The Labute approximate surface area is 184 Å². The number of anilines is 2. The lowest BCUT2D eigenvalue weighted by Crippen LogP contribution is -2.36. The lowest BCUT2D eigenvalue weighted by atomic mass is 10.1. The van der Waals surface area contributed by atoms with Crippen LogP contribution in [0.15, 0.2) is 77.7 Å². The maximum atomic E-state index is 13.5. The normalized spacial score (nSPS) is 15.6. The summed E-state index contributed by atoms with van der Waals surface area (Å²) in [6, 6.07) is 21.4. The predicted molar refractivity (Wildman–Crippen MR) is 124 cm³/mol. The molecule has 160 valence electrons. The summed E-state index contributed by atoms with van der Waals surface area (Å²) in [6.45, 7) is 6.26. The maximum Gasteiger partial charge on any atom is 0.264 e. The van der Waals surface area contributed by atoms with E-state index in [9.17, 15) is 13.2 Å². The first kappa shape index (κ1) is 21.1. The maximum absolute atomic E-state index is 13.5. The standard InChI is InChI=1S/C25H26N2O3S/c1-4-26(23-14-7-5-10-18(23)2)25(28)21-12-9-13-22(17-21)31(29,30)27-19(3)16-20-11-6-8-15-24(20)27/h5-15,17,19H,4,16H2,1-3H3. The molecule has 0 saturated carbocycles. The molecule has 3 aromatic rings. The van der Waals surface area contributed by atoms with E-state index >= 15 is 0 Å². The molecule has 1 atom stereocenters. The predicted octanol–water partition coefficient (Wildman–Crippen LogP) is 4.80. The zero-order valence-corrected chi connectivity index (χ0v) is 18.8. The molecular weight excluding hydrogens is 408 g/mol. The van der Waals surface area contributed by atoms with Crippen molar-refractivity contribution < 1.29 is 13.2 Å². The number of para-hydroxylation sites is 2. The Hall–Kier alpha value is -3.12. The van der Waals surface area contributed by atoms with Crippen molar-refractivity contribution in [3.05, 3.63) is 89.5 Å². The van der Waals surface area contributed by atoms with Crippen LogP contribution in [0.5, 0.6) is 0 Å². The van der Waals surface area contributed by atoms with Crippen molar-refractivity contribution in [3.8, 4) is 0 Å². The Morgan fingerprint density at radius 3 is 2.48 bits per heavy atom. The monoisotopic (exact) mass is 434 g/mol. The summed E-state index contributed by atoms with van der Waals surface area (Å²) in [5, 5.41) is 0. The average molecular weight is 435 g/mol. The van der Waals surface area contributed by atoms with E-state index < -0.39 is 10.0 Å². The molecule has 0 spiro atoms. The van der Waals surface area contributed by atoms with Gasteiger partial charge in [0.15, 0.2) is 0 Å². The van der Waals surface area contributed by atoms with Gasteiger partial charge in [-0.3, -0.25) is 9.10 Å². The fraction of sp³-hybridized carbons (Fsp3) is 0.240. The first-order valence-electron chi connectivity index (χ1n) is 10.4. The molecular formula is C25H26N2O3S. The van der Waals surface area contributed by atoms with Crippen molar-refractivity contribution in [1.82, 2.24) is 0 Å². The van der Waals surface area contributed by atoms with E-state index in [0.717, 1.165) is 16.8 Å². The Morgan fingerprint density at radius 1 is 1.03 bits per heavy atom. The highest BCUT2D eigenvalue weighted by molar-refractivity contribution is 7.92. The molecule has 4 rings (SSSR count). The number of carbonyl (C=O) groups excluding carboxylic acids is 1. The number of rotatable bonds is 5. The molecule has 5 nitrogen and oxygen atoms in total. The lowest BCUT2D eigenvalue weighted by Gasteiger charge is -2.25. The van der Waals surface area contributed by atoms with Crippen molar-refractivity contribution in [2.45, 2.75) is 38.1 Å². The summed E-state index contributed by atoms with van der Waals surface area (Å²) >= 11 is 0. The third-order valence-electron chi connectivity index (χ3n) is 5.75. The van der Waals surface area contributed by atoms with Gasteiger partial charge < -0.3 is 4.90 Å². The zero-order valence-electron chi connectivity index (χ0n) is 17.9. The van der Waals surface area contributed by atoms with Gasteiger partial charge in [0.1, 0.15) is 0 Å². The molecule has 0 aromatic heterocycles. The average Bonchev–Trinajstić information content (AvgIpc) is 3.12. The van der Waals surface area contributed by atoms with Crippen LogP contribution in [-0.4, -0.2) is 26.9 Å². The Balaban J connectivity index is 1.72. The number of amides is 1. The molecule has 0 N–H and O–H groups in total. The van der Waals surface area contributed by atoms with Gasteiger partial charge in [-0.15, -0.1) is 0 Å². The van der Waals surface area contributed by atoms with Gasteiger partial charge in [-0.1, -0.05) is 42.5 Å². The zero-order chi connectivity index (χ0) is 22.2. The number of sulfonamides is 1. The number of benzene rings is 3. The van der Waals surface area contributed by atoms with E-state index in [2.05, 4.69) is 0 Å². The SMILES string of the molecule is CCN(C(=O)c1cccc(S(=O)(=O)N2c3ccccc3CC2C)c1)c1ccccc1C. The Bertz CT molecular complexity index is 1240. The largest absolute Gasteiger partial charge is 0.308 e. The van der Waals surface area contributed by atoms with Crippen LogP contribution in [0, 0.1) is 6.92 Å². The van der Waals surface area contributed by atoms with E-state index in [1.54, 1.807) is 23.1 Å². The molecule has 31 heavy (non-hydrogen) atoms. The molecule has 3 aromatic carbocycles. The Morgan fingerprint density at radius 2 is 1.74 bits per heavy atom. The van der Waals surface area contributed by atoms with Gasteiger partial charge in [0.2, 0.25) is 0 Å². The van der Waals surface area contributed by atoms with Gasteiger partial charge in [0.25, 0.3) is 15.9 Å². The van der Waals surface area contributed by atoms with Crippen LogP contribution >= 0.6 is 0 Å². The molecule has 6 heteroatoms. The lowest BCUT2D eigenvalue weighted by molar-refractivity contribution is 0.0988. The number of fused-ring (bicyclic) bond motifs is 1. The minimum absolute atomic E-state index is 0.128. The van der Waals surface area contributed by atoms with Crippen LogP contribution in [0.1, 0.15) is 35.3 Å². The molecule has 1 aliphatic rings. The molecule has 1 amide bonds. The second kappa shape index (κ2) is 8.19. The number of hydrogen-bond donors (Lipinski definition) is 0. The first-order valence-corrected chi connectivity index (χ1v) is 11.9. The second-order valence-corrected chi connectivity index (χ2v) is 9.66. The van der Waals surface area contributed by atoms with Gasteiger partial charge in [-0.2, -0.15) is 0 Å². The molecule has 1 aliphatic heterocycles. The van der Waals surface area contributed by atoms with Crippen LogP contribution in [0.3, 0.4) is 0 Å². The van der Waals surface area contributed by atoms with Crippen LogP contribution in [0.2, 0.25) is 0 Å². The topological polar surface area (TPSA) is 57.7 Å². The summed E-state index contributed by atoms with van der Waals surface area (Å²) in [4.78, 5) is 15.1. The fourth-order valence-electron chi connectivity index (χ4n) is 4.25. The minimum atomic E-state index is -3.80. The first-order chi connectivity index (χ1) is 14.8. The molecule has 0 fully saturated rings.